The number of hydrogen-bond acceptors (Lipinski definition) is 4. The Labute approximate surface area is 115 Å². The molecule has 0 aliphatic carbocycles. The smallest absolute Gasteiger partial charge is 0.337 e. The summed E-state index contributed by atoms with van der Waals surface area (Å²) in [4.78, 5) is 13.5. The highest BCUT2D eigenvalue weighted by Crippen LogP contribution is 2.37. The Hall–Kier alpha value is -2.56. The second-order valence-electron chi connectivity index (χ2n) is 4.46. The van der Waals surface area contributed by atoms with Crippen molar-refractivity contribution in [2.75, 3.05) is 24.0 Å². The van der Waals surface area contributed by atoms with Crippen molar-refractivity contribution in [3.63, 3.8) is 0 Å². The zero-order valence-corrected chi connectivity index (χ0v) is 10.9. The number of carbonyl (C=O) groups is 1. The molecule has 0 radical (unpaired) electrons. The monoisotopic (exact) mass is 272 g/mol. The molecule has 0 aromatic heterocycles. The van der Waals surface area contributed by atoms with Gasteiger partial charge in [0, 0.05) is 5.69 Å². The first kappa shape index (κ1) is 12.5. The molecule has 0 fully saturated rings. The van der Waals surface area contributed by atoms with Gasteiger partial charge in [0.15, 0.2) is 0 Å². The number of halogens is 1. The van der Waals surface area contributed by atoms with Gasteiger partial charge in [-0.25, -0.2) is 9.18 Å². The van der Waals surface area contributed by atoms with E-state index in [0.717, 1.165) is 17.1 Å². The van der Waals surface area contributed by atoms with Crippen LogP contribution in [-0.4, -0.2) is 19.7 Å². The molecule has 5 heteroatoms. The fraction of sp³-hybridized carbons (Fsp3) is 0.133. The van der Waals surface area contributed by atoms with Crippen molar-refractivity contribution in [3.8, 4) is 0 Å². The zero-order valence-electron chi connectivity index (χ0n) is 10.9. The van der Waals surface area contributed by atoms with Crippen molar-refractivity contribution in [2.45, 2.75) is 0 Å². The maximum absolute atomic E-state index is 13.0. The lowest BCUT2D eigenvalue weighted by atomic mass is 10.1. The van der Waals surface area contributed by atoms with Crippen LogP contribution >= 0.6 is 0 Å². The third kappa shape index (κ3) is 2.07. The van der Waals surface area contributed by atoms with E-state index < -0.39 is 0 Å². The predicted molar refractivity (Wildman–Crippen MR) is 74.8 cm³/mol. The van der Waals surface area contributed by atoms with Crippen LogP contribution in [0.2, 0.25) is 0 Å². The second kappa shape index (κ2) is 4.85. The fourth-order valence-electron chi connectivity index (χ4n) is 2.26. The Balaban J connectivity index is 1.94. The largest absolute Gasteiger partial charge is 0.465 e. The van der Waals surface area contributed by atoms with Gasteiger partial charge in [0.05, 0.1) is 30.7 Å². The number of methoxy groups -OCH3 is 1. The molecule has 2 aromatic carbocycles. The number of hydrogen-bond donors (Lipinski definition) is 1. The first-order valence-corrected chi connectivity index (χ1v) is 6.18. The summed E-state index contributed by atoms with van der Waals surface area (Å²) in [6.45, 7) is 0.575. The molecule has 4 nitrogen and oxygen atoms in total. The van der Waals surface area contributed by atoms with Gasteiger partial charge < -0.3 is 15.0 Å². The predicted octanol–water partition coefficient (Wildman–Crippen LogP) is 3.13. The van der Waals surface area contributed by atoms with Gasteiger partial charge in [0.1, 0.15) is 5.82 Å². The summed E-state index contributed by atoms with van der Waals surface area (Å²) in [7, 11) is 1.35. The van der Waals surface area contributed by atoms with E-state index in [9.17, 15) is 9.18 Å². The van der Waals surface area contributed by atoms with Gasteiger partial charge in [0.25, 0.3) is 0 Å². The number of ether oxygens (including phenoxy) is 1. The first-order chi connectivity index (χ1) is 9.69. The molecule has 0 saturated carbocycles. The summed E-state index contributed by atoms with van der Waals surface area (Å²) in [6, 6.07) is 11.6. The molecule has 0 bridgehead atoms. The molecular formula is C15H13FN2O2. The summed E-state index contributed by atoms with van der Waals surface area (Å²) >= 11 is 0. The van der Waals surface area contributed by atoms with Gasteiger partial charge in [-0.1, -0.05) is 0 Å². The van der Waals surface area contributed by atoms with E-state index in [1.54, 1.807) is 24.3 Å². The summed E-state index contributed by atoms with van der Waals surface area (Å²) in [6.07, 6.45) is 0. The van der Waals surface area contributed by atoms with Crippen LogP contribution in [0.5, 0.6) is 0 Å². The summed E-state index contributed by atoms with van der Waals surface area (Å²) < 4.78 is 17.7. The average Bonchev–Trinajstić information content (AvgIpc) is 2.90. The van der Waals surface area contributed by atoms with Gasteiger partial charge in [-0.2, -0.15) is 0 Å². The van der Waals surface area contributed by atoms with E-state index >= 15 is 0 Å². The van der Waals surface area contributed by atoms with Crippen LogP contribution in [0.1, 0.15) is 10.4 Å². The molecule has 102 valence electrons. The third-order valence-corrected chi connectivity index (χ3v) is 3.27. The van der Waals surface area contributed by atoms with Crippen molar-refractivity contribution in [1.82, 2.24) is 0 Å². The molecule has 0 saturated heterocycles. The molecule has 1 heterocycles. The van der Waals surface area contributed by atoms with Gasteiger partial charge >= 0.3 is 5.97 Å². The number of fused-ring (bicyclic) bond motifs is 1. The SMILES string of the molecule is COC(=O)c1ccc2c(c1)NCN2c1ccc(F)cc1. The van der Waals surface area contributed by atoms with Crippen LogP contribution in [-0.2, 0) is 4.74 Å². The zero-order chi connectivity index (χ0) is 14.1. The van der Waals surface area contributed by atoms with Gasteiger partial charge in [-0.3, -0.25) is 0 Å². The number of benzene rings is 2. The number of rotatable bonds is 2. The lowest BCUT2D eigenvalue weighted by Crippen LogP contribution is -2.16. The highest BCUT2D eigenvalue weighted by Gasteiger charge is 2.21. The Kier molecular flexibility index (Phi) is 3.02. The van der Waals surface area contributed by atoms with Crippen LogP contribution in [0.15, 0.2) is 42.5 Å². The van der Waals surface area contributed by atoms with Crippen LogP contribution in [0.4, 0.5) is 21.5 Å². The maximum Gasteiger partial charge on any atom is 0.337 e. The van der Waals surface area contributed by atoms with Gasteiger partial charge in [-0.15, -0.1) is 0 Å². The number of nitrogens with zero attached hydrogens (tertiary/aromatic N) is 1. The lowest BCUT2D eigenvalue weighted by Gasteiger charge is -2.18. The quantitative estimate of drug-likeness (QED) is 0.853. The number of esters is 1. The molecule has 1 N–H and O–H groups in total. The fourth-order valence-corrected chi connectivity index (χ4v) is 2.26. The Morgan fingerprint density at radius 1 is 1.25 bits per heavy atom. The van der Waals surface area contributed by atoms with Crippen molar-refractivity contribution < 1.29 is 13.9 Å². The minimum atomic E-state index is -0.366. The summed E-state index contributed by atoms with van der Waals surface area (Å²) in [5.74, 6) is -0.628. The number of nitrogens with one attached hydrogen (secondary N) is 1. The normalized spacial score (nSPS) is 12.8. The van der Waals surface area contributed by atoms with E-state index in [1.165, 1.54) is 19.2 Å². The number of anilines is 3. The Morgan fingerprint density at radius 3 is 2.70 bits per heavy atom. The van der Waals surface area contributed by atoms with Gasteiger partial charge in [0.2, 0.25) is 0 Å². The minimum Gasteiger partial charge on any atom is -0.465 e. The van der Waals surface area contributed by atoms with Crippen molar-refractivity contribution in [2.24, 2.45) is 0 Å². The van der Waals surface area contributed by atoms with Crippen LogP contribution < -0.4 is 10.2 Å². The molecule has 20 heavy (non-hydrogen) atoms. The standard InChI is InChI=1S/C15H13FN2O2/c1-20-15(19)10-2-7-14-13(8-10)17-9-18(14)12-5-3-11(16)4-6-12/h2-8,17H,9H2,1H3. The molecule has 0 atom stereocenters. The molecule has 3 rings (SSSR count). The topological polar surface area (TPSA) is 41.6 Å². The molecule has 0 spiro atoms. The Bertz CT molecular complexity index is 655. The van der Waals surface area contributed by atoms with E-state index in [0.29, 0.717) is 12.2 Å². The number of carbonyl (C=O) groups excluding carboxylic acids is 1. The lowest BCUT2D eigenvalue weighted by molar-refractivity contribution is 0.0601. The maximum atomic E-state index is 13.0. The average molecular weight is 272 g/mol. The summed E-state index contributed by atoms with van der Waals surface area (Å²) in [5, 5.41) is 3.21. The highest BCUT2D eigenvalue weighted by molar-refractivity contribution is 5.93. The van der Waals surface area contributed by atoms with E-state index in [-0.39, 0.29) is 11.8 Å². The molecule has 1 aliphatic rings. The molecular weight excluding hydrogens is 259 g/mol. The van der Waals surface area contributed by atoms with E-state index in [2.05, 4.69) is 5.32 Å². The van der Waals surface area contributed by atoms with Crippen molar-refractivity contribution in [3.05, 3.63) is 53.8 Å². The van der Waals surface area contributed by atoms with Crippen LogP contribution in [0.3, 0.4) is 0 Å². The summed E-state index contributed by atoms with van der Waals surface area (Å²) in [5.41, 5.74) is 3.20. The first-order valence-electron chi connectivity index (χ1n) is 6.18. The molecule has 0 amide bonds. The van der Waals surface area contributed by atoms with Crippen molar-refractivity contribution in [1.29, 1.82) is 0 Å². The third-order valence-electron chi connectivity index (χ3n) is 3.27. The van der Waals surface area contributed by atoms with Gasteiger partial charge in [-0.05, 0) is 42.5 Å². The second-order valence-corrected chi connectivity index (χ2v) is 4.46. The molecule has 2 aromatic rings. The van der Waals surface area contributed by atoms with Crippen LogP contribution in [0.25, 0.3) is 0 Å². The van der Waals surface area contributed by atoms with E-state index in [1.807, 2.05) is 11.0 Å². The van der Waals surface area contributed by atoms with Crippen molar-refractivity contribution >= 4 is 23.0 Å². The Morgan fingerprint density at radius 2 is 2.00 bits per heavy atom. The highest BCUT2D eigenvalue weighted by atomic mass is 19.1. The molecule has 0 unspecified atom stereocenters. The molecule has 1 aliphatic heterocycles. The van der Waals surface area contributed by atoms with Crippen LogP contribution in [0, 0.1) is 5.82 Å². The van der Waals surface area contributed by atoms with E-state index in [4.69, 9.17) is 4.74 Å². The minimum absolute atomic E-state index is 0.262.